The number of nitrogens with zero attached hydrogens (tertiary/aromatic N) is 2. The lowest BCUT2D eigenvalue weighted by molar-refractivity contribution is 0.854. The Morgan fingerprint density at radius 2 is 2.06 bits per heavy atom. The number of rotatable bonds is 2. The van der Waals surface area contributed by atoms with Crippen molar-refractivity contribution >= 4 is 22.1 Å². The maximum absolute atomic E-state index is 6.30. The summed E-state index contributed by atoms with van der Waals surface area (Å²) in [6.45, 7) is 1.98. The molecule has 0 aliphatic heterocycles. The Morgan fingerprint density at radius 3 is 2.83 bits per heavy atom. The van der Waals surface area contributed by atoms with Crippen LogP contribution < -0.4 is 5.73 Å². The topological polar surface area (TPSA) is 51.8 Å². The Labute approximate surface area is 109 Å². The van der Waals surface area contributed by atoms with Gasteiger partial charge in [-0.3, -0.25) is 4.98 Å². The van der Waals surface area contributed by atoms with E-state index in [1.807, 2.05) is 42.9 Å². The molecule has 2 N–H and O–H groups in total. The SMILES string of the molecule is Cc1csc(C(N)c2cncc3ccccc23)n1. The van der Waals surface area contributed by atoms with Crippen molar-refractivity contribution < 1.29 is 0 Å². The predicted octanol–water partition coefficient (Wildman–Crippen LogP) is 3.05. The van der Waals surface area contributed by atoms with Crippen LogP contribution in [0.25, 0.3) is 10.8 Å². The number of benzene rings is 1. The first kappa shape index (κ1) is 11.3. The Balaban J connectivity index is 2.14. The molecule has 3 nitrogen and oxygen atoms in total. The van der Waals surface area contributed by atoms with Crippen LogP contribution >= 0.6 is 11.3 Å². The predicted molar refractivity (Wildman–Crippen MR) is 74.6 cm³/mol. The highest BCUT2D eigenvalue weighted by Gasteiger charge is 2.15. The van der Waals surface area contributed by atoms with E-state index in [4.69, 9.17) is 5.73 Å². The normalized spacial score (nSPS) is 12.8. The summed E-state index contributed by atoms with van der Waals surface area (Å²) < 4.78 is 0. The minimum absolute atomic E-state index is 0.206. The van der Waals surface area contributed by atoms with Crippen molar-refractivity contribution in [2.45, 2.75) is 13.0 Å². The highest BCUT2D eigenvalue weighted by molar-refractivity contribution is 7.09. The molecule has 3 aromatic rings. The van der Waals surface area contributed by atoms with Gasteiger partial charge in [-0.15, -0.1) is 11.3 Å². The second-order valence-electron chi connectivity index (χ2n) is 4.25. The quantitative estimate of drug-likeness (QED) is 0.765. The Morgan fingerprint density at radius 1 is 1.22 bits per heavy atom. The molecule has 4 heteroatoms. The van der Waals surface area contributed by atoms with E-state index in [0.29, 0.717) is 0 Å². The highest BCUT2D eigenvalue weighted by atomic mass is 32.1. The molecule has 1 atom stereocenters. The first-order valence-electron chi connectivity index (χ1n) is 5.76. The number of thiazole rings is 1. The van der Waals surface area contributed by atoms with E-state index in [0.717, 1.165) is 27.0 Å². The van der Waals surface area contributed by atoms with Gasteiger partial charge in [0.25, 0.3) is 0 Å². The smallest absolute Gasteiger partial charge is 0.114 e. The third-order valence-corrected chi connectivity index (χ3v) is 3.98. The van der Waals surface area contributed by atoms with Gasteiger partial charge in [-0.05, 0) is 12.3 Å². The average Bonchev–Trinajstić information content (AvgIpc) is 2.84. The first-order valence-corrected chi connectivity index (χ1v) is 6.64. The molecule has 1 unspecified atom stereocenters. The van der Waals surface area contributed by atoms with Crippen LogP contribution in [0.1, 0.15) is 22.3 Å². The molecule has 0 bridgehead atoms. The number of aryl methyl sites for hydroxylation is 1. The molecular weight excluding hydrogens is 242 g/mol. The molecule has 0 fully saturated rings. The van der Waals surface area contributed by atoms with Gasteiger partial charge in [0.2, 0.25) is 0 Å². The standard InChI is InChI=1S/C14H13N3S/c1-9-8-18-14(17-9)13(15)12-7-16-6-10-4-2-3-5-11(10)12/h2-8,13H,15H2,1H3. The largest absolute Gasteiger partial charge is 0.318 e. The van der Waals surface area contributed by atoms with Crippen molar-refractivity contribution in [3.8, 4) is 0 Å². The van der Waals surface area contributed by atoms with Gasteiger partial charge in [0, 0.05) is 34.4 Å². The molecule has 0 aliphatic carbocycles. The van der Waals surface area contributed by atoms with Gasteiger partial charge in [-0.2, -0.15) is 0 Å². The lowest BCUT2D eigenvalue weighted by atomic mass is 10.0. The average molecular weight is 255 g/mol. The molecular formula is C14H13N3S. The molecule has 18 heavy (non-hydrogen) atoms. The number of hydrogen-bond donors (Lipinski definition) is 1. The molecule has 0 saturated carbocycles. The van der Waals surface area contributed by atoms with Crippen molar-refractivity contribution in [1.29, 1.82) is 0 Å². The minimum Gasteiger partial charge on any atom is -0.318 e. The molecule has 2 aromatic heterocycles. The molecule has 90 valence electrons. The third-order valence-electron chi connectivity index (χ3n) is 2.94. The van der Waals surface area contributed by atoms with Gasteiger partial charge in [0.15, 0.2) is 0 Å². The van der Waals surface area contributed by atoms with Crippen LogP contribution in [0.5, 0.6) is 0 Å². The van der Waals surface area contributed by atoms with E-state index in [-0.39, 0.29) is 6.04 Å². The number of nitrogens with two attached hydrogens (primary N) is 1. The summed E-state index contributed by atoms with van der Waals surface area (Å²) in [6.07, 6.45) is 3.70. The highest BCUT2D eigenvalue weighted by Crippen LogP contribution is 2.27. The summed E-state index contributed by atoms with van der Waals surface area (Å²) in [5.74, 6) is 0. The van der Waals surface area contributed by atoms with Gasteiger partial charge in [0.1, 0.15) is 5.01 Å². The van der Waals surface area contributed by atoms with Gasteiger partial charge < -0.3 is 5.73 Å². The van der Waals surface area contributed by atoms with Crippen LogP contribution in [0.4, 0.5) is 0 Å². The third kappa shape index (κ3) is 1.89. The number of aromatic nitrogens is 2. The maximum Gasteiger partial charge on any atom is 0.114 e. The van der Waals surface area contributed by atoms with Crippen LogP contribution in [0, 0.1) is 6.92 Å². The molecule has 0 amide bonds. The zero-order valence-electron chi connectivity index (χ0n) is 10.00. The van der Waals surface area contributed by atoms with Gasteiger partial charge in [-0.25, -0.2) is 4.98 Å². The van der Waals surface area contributed by atoms with E-state index in [1.54, 1.807) is 11.3 Å². The summed E-state index contributed by atoms with van der Waals surface area (Å²) in [7, 11) is 0. The Bertz CT molecular complexity index is 685. The second kappa shape index (κ2) is 4.48. The molecule has 0 saturated heterocycles. The zero-order valence-corrected chi connectivity index (χ0v) is 10.8. The fourth-order valence-corrected chi connectivity index (χ4v) is 2.85. The zero-order chi connectivity index (χ0) is 12.5. The van der Waals surface area contributed by atoms with Gasteiger partial charge in [0.05, 0.1) is 6.04 Å². The fourth-order valence-electron chi connectivity index (χ4n) is 2.04. The maximum atomic E-state index is 6.30. The van der Waals surface area contributed by atoms with Crippen LogP contribution in [0.2, 0.25) is 0 Å². The van der Waals surface area contributed by atoms with Gasteiger partial charge in [-0.1, -0.05) is 24.3 Å². The lowest BCUT2D eigenvalue weighted by Gasteiger charge is -2.11. The lowest BCUT2D eigenvalue weighted by Crippen LogP contribution is -2.12. The van der Waals surface area contributed by atoms with Crippen molar-refractivity contribution in [3.63, 3.8) is 0 Å². The molecule has 1 aromatic carbocycles. The summed E-state index contributed by atoms with van der Waals surface area (Å²) in [5.41, 5.74) is 8.35. The van der Waals surface area contributed by atoms with Crippen LogP contribution in [0.15, 0.2) is 42.0 Å². The molecule has 0 aliphatic rings. The molecule has 0 spiro atoms. The van der Waals surface area contributed by atoms with Crippen LogP contribution in [0.3, 0.4) is 0 Å². The number of hydrogen-bond acceptors (Lipinski definition) is 4. The first-order chi connectivity index (χ1) is 8.75. The summed E-state index contributed by atoms with van der Waals surface area (Å²) in [4.78, 5) is 8.72. The summed E-state index contributed by atoms with van der Waals surface area (Å²) in [5, 5.41) is 5.21. The number of pyridine rings is 1. The van der Waals surface area contributed by atoms with Crippen molar-refractivity contribution in [1.82, 2.24) is 9.97 Å². The number of fused-ring (bicyclic) bond motifs is 1. The van der Waals surface area contributed by atoms with E-state index >= 15 is 0 Å². The Kier molecular flexibility index (Phi) is 2.81. The van der Waals surface area contributed by atoms with E-state index in [2.05, 4.69) is 16.0 Å². The van der Waals surface area contributed by atoms with E-state index in [9.17, 15) is 0 Å². The van der Waals surface area contributed by atoms with E-state index < -0.39 is 0 Å². The monoisotopic (exact) mass is 255 g/mol. The minimum atomic E-state index is -0.206. The van der Waals surface area contributed by atoms with Crippen molar-refractivity contribution in [2.24, 2.45) is 5.73 Å². The van der Waals surface area contributed by atoms with Crippen molar-refractivity contribution in [3.05, 3.63) is 58.3 Å². The fraction of sp³-hybridized carbons (Fsp3) is 0.143. The molecule has 3 rings (SSSR count). The van der Waals surface area contributed by atoms with Gasteiger partial charge >= 0.3 is 0 Å². The van der Waals surface area contributed by atoms with Crippen LogP contribution in [-0.2, 0) is 0 Å². The molecule has 2 heterocycles. The molecule has 0 radical (unpaired) electrons. The van der Waals surface area contributed by atoms with Crippen molar-refractivity contribution in [2.75, 3.05) is 0 Å². The summed E-state index contributed by atoms with van der Waals surface area (Å²) >= 11 is 1.60. The summed E-state index contributed by atoms with van der Waals surface area (Å²) in [6, 6.07) is 7.94. The van der Waals surface area contributed by atoms with E-state index in [1.165, 1.54) is 0 Å². The van der Waals surface area contributed by atoms with Crippen LogP contribution in [-0.4, -0.2) is 9.97 Å². The Hall–Kier alpha value is -1.78. The second-order valence-corrected chi connectivity index (χ2v) is 5.14.